The van der Waals surface area contributed by atoms with Crippen LogP contribution in [0.15, 0.2) is 60.8 Å². The lowest BCUT2D eigenvalue weighted by Crippen LogP contribution is -2.30. The molecule has 0 spiro atoms. The monoisotopic (exact) mass is 1160 g/mol. The first-order chi connectivity index (χ1) is 41.0. The molecule has 6 heteroatoms. The van der Waals surface area contributed by atoms with Gasteiger partial charge in [0.15, 0.2) is 6.10 Å². The summed E-state index contributed by atoms with van der Waals surface area (Å²) in [6.45, 7) is 6.68. The van der Waals surface area contributed by atoms with E-state index in [0.29, 0.717) is 19.3 Å². The Labute approximate surface area is 517 Å². The van der Waals surface area contributed by atoms with Gasteiger partial charge in [-0.2, -0.15) is 0 Å². The summed E-state index contributed by atoms with van der Waals surface area (Å²) in [6.07, 6.45) is 92.6. The molecule has 1 atom stereocenters. The van der Waals surface area contributed by atoms with E-state index < -0.39 is 6.10 Å². The highest BCUT2D eigenvalue weighted by molar-refractivity contribution is 5.71. The van der Waals surface area contributed by atoms with E-state index in [9.17, 15) is 14.4 Å². The summed E-state index contributed by atoms with van der Waals surface area (Å²) in [6, 6.07) is 0. The third kappa shape index (κ3) is 69.8. The first-order valence-electron chi connectivity index (χ1n) is 36.8. The SMILES string of the molecule is CCCCCCC/C=C\C/C=C\C/C=C\CCCCCCCCCCCCCCCCCCC(=O)OCC(COC(=O)CCCCCCCCCCCCCCC)OC(=O)CCCCCCCCCCC/C=C\C/C=C\CCCCCCC. The van der Waals surface area contributed by atoms with Gasteiger partial charge in [0.25, 0.3) is 0 Å². The number of carbonyl (C=O) groups excluding carboxylic acids is 3. The van der Waals surface area contributed by atoms with E-state index in [0.717, 1.165) is 77.0 Å². The molecule has 0 aliphatic heterocycles. The second-order valence-electron chi connectivity index (χ2n) is 24.9. The molecule has 0 aromatic carbocycles. The number of rotatable bonds is 68. The number of unbranched alkanes of at least 4 members (excludes halogenated alkanes) is 47. The average Bonchev–Trinajstić information content (AvgIpc) is 3.49. The van der Waals surface area contributed by atoms with Gasteiger partial charge in [-0.05, 0) is 89.9 Å². The van der Waals surface area contributed by atoms with Gasteiger partial charge in [-0.1, -0.05) is 345 Å². The van der Waals surface area contributed by atoms with Gasteiger partial charge in [-0.3, -0.25) is 14.4 Å². The van der Waals surface area contributed by atoms with Crippen molar-refractivity contribution >= 4 is 17.9 Å². The van der Waals surface area contributed by atoms with Crippen LogP contribution in [0.2, 0.25) is 0 Å². The lowest BCUT2D eigenvalue weighted by Gasteiger charge is -2.18. The minimum absolute atomic E-state index is 0.0706. The van der Waals surface area contributed by atoms with Crippen molar-refractivity contribution in [2.45, 2.75) is 399 Å². The summed E-state index contributed by atoms with van der Waals surface area (Å²) < 4.78 is 17.0. The number of allylic oxidation sites excluding steroid dienone is 10. The lowest BCUT2D eigenvalue weighted by molar-refractivity contribution is -0.167. The predicted octanol–water partition coefficient (Wildman–Crippen LogP) is 25.5. The Hall–Kier alpha value is -2.89. The number of carbonyl (C=O) groups is 3. The van der Waals surface area contributed by atoms with Crippen molar-refractivity contribution in [2.75, 3.05) is 13.2 Å². The molecule has 0 aliphatic rings. The van der Waals surface area contributed by atoms with Crippen LogP contribution in [0.5, 0.6) is 0 Å². The zero-order valence-corrected chi connectivity index (χ0v) is 55.7. The summed E-state index contributed by atoms with van der Waals surface area (Å²) in [5.41, 5.74) is 0. The molecule has 1 unspecified atom stereocenters. The lowest BCUT2D eigenvalue weighted by atomic mass is 10.0. The molecule has 0 aromatic heterocycles. The second-order valence-corrected chi connectivity index (χ2v) is 24.9. The summed E-state index contributed by atoms with van der Waals surface area (Å²) >= 11 is 0. The predicted molar refractivity (Wildman–Crippen MR) is 362 cm³/mol. The fourth-order valence-electron chi connectivity index (χ4n) is 11.0. The highest BCUT2D eigenvalue weighted by atomic mass is 16.6. The topological polar surface area (TPSA) is 78.9 Å². The normalized spacial score (nSPS) is 12.4. The fourth-order valence-corrected chi connectivity index (χ4v) is 11.0. The van der Waals surface area contributed by atoms with Gasteiger partial charge in [0.05, 0.1) is 0 Å². The van der Waals surface area contributed by atoms with Crippen molar-refractivity contribution in [1.29, 1.82) is 0 Å². The number of hydrogen-bond donors (Lipinski definition) is 0. The van der Waals surface area contributed by atoms with Gasteiger partial charge in [0.1, 0.15) is 13.2 Å². The van der Waals surface area contributed by atoms with E-state index in [1.54, 1.807) is 0 Å². The Balaban J connectivity index is 4.20. The Bertz CT molecular complexity index is 1470. The average molecular weight is 1160 g/mol. The van der Waals surface area contributed by atoms with Crippen molar-refractivity contribution in [2.24, 2.45) is 0 Å². The van der Waals surface area contributed by atoms with Crippen LogP contribution in [0.4, 0.5) is 0 Å². The maximum absolute atomic E-state index is 13.0. The highest BCUT2D eigenvalue weighted by Gasteiger charge is 2.19. The quantitative estimate of drug-likeness (QED) is 0.0261. The number of ether oxygens (including phenoxy) is 3. The molecular formula is C77H140O6. The molecular weight excluding hydrogens is 1020 g/mol. The van der Waals surface area contributed by atoms with Crippen LogP contribution in [0.1, 0.15) is 393 Å². The van der Waals surface area contributed by atoms with Crippen molar-refractivity contribution in [3.63, 3.8) is 0 Å². The number of hydrogen-bond acceptors (Lipinski definition) is 6. The van der Waals surface area contributed by atoms with E-state index >= 15 is 0 Å². The molecule has 0 saturated carbocycles. The first kappa shape index (κ1) is 80.1. The molecule has 0 aromatic rings. The van der Waals surface area contributed by atoms with E-state index in [1.165, 1.54) is 276 Å². The molecule has 0 heterocycles. The van der Waals surface area contributed by atoms with Gasteiger partial charge >= 0.3 is 17.9 Å². The van der Waals surface area contributed by atoms with Crippen molar-refractivity contribution < 1.29 is 28.6 Å². The van der Waals surface area contributed by atoms with Gasteiger partial charge in [0, 0.05) is 19.3 Å². The van der Waals surface area contributed by atoms with Crippen LogP contribution in [-0.2, 0) is 28.6 Å². The Kier molecular flexibility index (Phi) is 69.1. The van der Waals surface area contributed by atoms with Crippen LogP contribution < -0.4 is 0 Å². The number of esters is 3. The highest BCUT2D eigenvalue weighted by Crippen LogP contribution is 2.18. The molecule has 6 nitrogen and oxygen atoms in total. The zero-order valence-electron chi connectivity index (χ0n) is 55.7. The van der Waals surface area contributed by atoms with Gasteiger partial charge in [-0.25, -0.2) is 0 Å². The maximum Gasteiger partial charge on any atom is 0.306 e. The molecule has 0 radical (unpaired) electrons. The molecule has 0 N–H and O–H groups in total. The minimum atomic E-state index is -0.775. The minimum Gasteiger partial charge on any atom is -0.462 e. The van der Waals surface area contributed by atoms with Crippen LogP contribution in [0, 0.1) is 0 Å². The summed E-state index contributed by atoms with van der Waals surface area (Å²) in [5.74, 6) is -0.849. The summed E-state index contributed by atoms with van der Waals surface area (Å²) in [7, 11) is 0. The standard InChI is InChI=1S/C77H140O6/c1-4-7-10-13-16-19-22-25-27-29-31-33-34-35-36-37-38-39-40-41-42-44-45-47-49-52-55-58-61-64-67-70-76(79)82-73-74(72-81-75(78)69-66-63-60-57-54-51-24-21-18-15-12-9-6-3)83-77(80)71-68-65-62-59-56-53-50-48-46-43-32-30-28-26-23-20-17-14-11-8-5-2/h22-23,25-26,29-32,34-35,74H,4-21,24,27-28,33,36-73H2,1-3H3/b25-22-,26-23-,31-29-,32-30-,35-34-. The van der Waals surface area contributed by atoms with Crippen LogP contribution in [-0.4, -0.2) is 37.2 Å². The van der Waals surface area contributed by atoms with Gasteiger partial charge < -0.3 is 14.2 Å². The zero-order chi connectivity index (χ0) is 59.9. The molecule has 0 fully saturated rings. The van der Waals surface area contributed by atoms with Crippen LogP contribution >= 0.6 is 0 Å². The third-order valence-electron chi connectivity index (χ3n) is 16.5. The molecule has 0 aliphatic carbocycles. The van der Waals surface area contributed by atoms with Gasteiger partial charge in [0.2, 0.25) is 0 Å². The third-order valence-corrected chi connectivity index (χ3v) is 16.5. The van der Waals surface area contributed by atoms with Crippen molar-refractivity contribution in [3.05, 3.63) is 60.8 Å². The molecule has 0 rings (SSSR count). The van der Waals surface area contributed by atoms with E-state index in [-0.39, 0.29) is 31.1 Å². The molecule has 484 valence electrons. The Morgan fingerprint density at radius 1 is 0.241 bits per heavy atom. The fraction of sp³-hybridized carbons (Fsp3) is 0.831. The molecule has 83 heavy (non-hydrogen) atoms. The molecule has 0 amide bonds. The second kappa shape index (κ2) is 71.6. The van der Waals surface area contributed by atoms with E-state index in [2.05, 4.69) is 81.5 Å². The largest absolute Gasteiger partial charge is 0.462 e. The van der Waals surface area contributed by atoms with Crippen molar-refractivity contribution in [3.8, 4) is 0 Å². The van der Waals surface area contributed by atoms with Crippen molar-refractivity contribution in [1.82, 2.24) is 0 Å². The Morgan fingerprint density at radius 2 is 0.434 bits per heavy atom. The Morgan fingerprint density at radius 3 is 0.675 bits per heavy atom. The van der Waals surface area contributed by atoms with Crippen LogP contribution in [0.25, 0.3) is 0 Å². The maximum atomic E-state index is 13.0. The first-order valence-corrected chi connectivity index (χ1v) is 36.8. The van der Waals surface area contributed by atoms with E-state index in [4.69, 9.17) is 14.2 Å². The summed E-state index contributed by atoms with van der Waals surface area (Å²) in [5, 5.41) is 0. The molecule has 0 bridgehead atoms. The smallest absolute Gasteiger partial charge is 0.306 e. The van der Waals surface area contributed by atoms with E-state index in [1.807, 2.05) is 0 Å². The molecule has 0 saturated heterocycles. The van der Waals surface area contributed by atoms with Gasteiger partial charge in [-0.15, -0.1) is 0 Å². The van der Waals surface area contributed by atoms with Crippen LogP contribution in [0.3, 0.4) is 0 Å². The summed E-state index contributed by atoms with van der Waals surface area (Å²) in [4.78, 5) is 38.5.